The molecule has 1 saturated heterocycles. The van der Waals surface area contributed by atoms with Crippen LogP contribution in [0.15, 0.2) is 29.6 Å². The number of carbonyl (C=O) groups is 1. The largest absolute Gasteiger partial charge is 0.379 e. The molecule has 1 fully saturated rings. The van der Waals surface area contributed by atoms with E-state index in [0.29, 0.717) is 36.1 Å². The molecule has 2 heterocycles. The average Bonchev–Trinajstić information content (AvgIpc) is 3.04. The molecule has 0 aliphatic carbocycles. The highest BCUT2D eigenvalue weighted by atomic mass is 32.1. The van der Waals surface area contributed by atoms with E-state index in [4.69, 9.17) is 4.74 Å². The zero-order valence-electron chi connectivity index (χ0n) is 12.8. The highest BCUT2D eigenvalue weighted by Crippen LogP contribution is 2.27. The summed E-state index contributed by atoms with van der Waals surface area (Å²) in [6.45, 7) is 3.06. The number of hydrogen-bond donors (Lipinski definition) is 1. The number of ether oxygens (including phenoxy) is 1. The molecule has 126 valence electrons. The SMILES string of the molecule is O=C(CN1CCOCC1)Nc1nc(-c2cccc([N+](=O)[O-])c2)cs1. The molecule has 0 radical (unpaired) electrons. The van der Waals surface area contributed by atoms with E-state index in [1.54, 1.807) is 17.5 Å². The van der Waals surface area contributed by atoms with E-state index in [1.165, 1.54) is 23.5 Å². The van der Waals surface area contributed by atoms with Gasteiger partial charge in [0.2, 0.25) is 5.91 Å². The minimum atomic E-state index is -0.444. The summed E-state index contributed by atoms with van der Waals surface area (Å²) in [5.41, 5.74) is 1.26. The van der Waals surface area contributed by atoms with Gasteiger partial charge in [0.25, 0.3) is 5.69 Å². The minimum absolute atomic E-state index is 0.0124. The average molecular weight is 348 g/mol. The molecule has 1 aliphatic rings. The molecule has 0 unspecified atom stereocenters. The van der Waals surface area contributed by atoms with Gasteiger partial charge in [-0.3, -0.25) is 19.8 Å². The Bertz CT molecular complexity index is 743. The summed E-state index contributed by atoms with van der Waals surface area (Å²) < 4.78 is 5.25. The van der Waals surface area contributed by atoms with Crippen LogP contribution in [-0.4, -0.2) is 53.6 Å². The maximum atomic E-state index is 12.1. The summed E-state index contributed by atoms with van der Waals surface area (Å²) in [6.07, 6.45) is 0. The van der Waals surface area contributed by atoms with E-state index >= 15 is 0 Å². The second-order valence-corrected chi connectivity index (χ2v) is 6.14. The Kier molecular flexibility index (Phi) is 5.14. The van der Waals surface area contributed by atoms with Crippen molar-refractivity contribution in [1.29, 1.82) is 0 Å². The fourth-order valence-electron chi connectivity index (χ4n) is 2.36. The third-order valence-corrected chi connectivity index (χ3v) is 4.33. The number of non-ortho nitro benzene ring substituents is 1. The number of hydrogen-bond acceptors (Lipinski definition) is 7. The van der Waals surface area contributed by atoms with Crippen LogP contribution in [0.25, 0.3) is 11.3 Å². The van der Waals surface area contributed by atoms with Gasteiger partial charge in [0, 0.05) is 36.2 Å². The quantitative estimate of drug-likeness (QED) is 0.655. The summed E-state index contributed by atoms with van der Waals surface area (Å²) in [4.78, 5) is 28.8. The maximum absolute atomic E-state index is 12.1. The molecule has 24 heavy (non-hydrogen) atoms. The van der Waals surface area contributed by atoms with E-state index in [-0.39, 0.29) is 11.6 Å². The smallest absolute Gasteiger partial charge is 0.270 e. The van der Waals surface area contributed by atoms with Crippen molar-refractivity contribution in [3.05, 3.63) is 39.8 Å². The molecule has 2 aromatic rings. The summed E-state index contributed by atoms with van der Waals surface area (Å²) in [7, 11) is 0. The molecule has 0 bridgehead atoms. The summed E-state index contributed by atoms with van der Waals surface area (Å²) in [5, 5.41) is 15.9. The van der Waals surface area contributed by atoms with E-state index in [9.17, 15) is 14.9 Å². The Morgan fingerprint density at radius 1 is 1.42 bits per heavy atom. The number of morpholine rings is 1. The molecule has 0 spiro atoms. The molecule has 0 saturated carbocycles. The third-order valence-electron chi connectivity index (χ3n) is 3.57. The van der Waals surface area contributed by atoms with Crippen LogP contribution in [-0.2, 0) is 9.53 Å². The highest BCUT2D eigenvalue weighted by molar-refractivity contribution is 7.14. The molecule has 1 amide bonds. The number of nitro benzene ring substituents is 1. The van der Waals surface area contributed by atoms with Gasteiger partial charge in [-0.1, -0.05) is 12.1 Å². The maximum Gasteiger partial charge on any atom is 0.270 e. The fraction of sp³-hybridized carbons (Fsp3) is 0.333. The van der Waals surface area contributed by atoms with Crippen LogP contribution in [0.5, 0.6) is 0 Å². The summed E-state index contributed by atoms with van der Waals surface area (Å²) >= 11 is 1.29. The van der Waals surface area contributed by atoms with Crippen molar-refractivity contribution in [3.63, 3.8) is 0 Å². The Morgan fingerprint density at radius 3 is 2.96 bits per heavy atom. The molecule has 1 aromatic carbocycles. The summed E-state index contributed by atoms with van der Waals surface area (Å²) in [6, 6.07) is 6.26. The topological polar surface area (TPSA) is 97.6 Å². The van der Waals surface area contributed by atoms with Gasteiger partial charge in [0.05, 0.1) is 30.4 Å². The Hall–Kier alpha value is -2.36. The van der Waals surface area contributed by atoms with Gasteiger partial charge in [-0.05, 0) is 0 Å². The van der Waals surface area contributed by atoms with E-state index in [0.717, 1.165) is 13.1 Å². The number of carbonyl (C=O) groups excluding carboxylic acids is 1. The molecule has 1 N–H and O–H groups in total. The van der Waals surface area contributed by atoms with Crippen molar-refractivity contribution in [3.8, 4) is 11.3 Å². The van der Waals surface area contributed by atoms with Crippen LogP contribution in [0, 0.1) is 10.1 Å². The first-order valence-electron chi connectivity index (χ1n) is 7.42. The third kappa shape index (κ3) is 4.13. The lowest BCUT2D eigenvalue weighted by molar-refractivity contribution is -0.384. The van der Waals surface area contributed by atoms with Gasteiger partial charge < -0.3 is 10.1 Å². The Labute approximate surface area is 142 Å². The van der Waals surface area contributed by atoms with Crippen LogP contribution in [0.2, 0.25) is 0 Å². The van der Waals surface area contributed by atoms with Gasteiger partial charge >= 0.3 is 0 Å². The lowest BCUT2D eigenvalue weighted by Gasteiger charge is -2.25. The first kappa shape index (κ1) is 16.5. The molecule has 1 aliphatic heterocycles. The zero-order valence-corrected chi connectivity index (χ0v) is 13.6. The van der Waals surface area contributed by atoms with Crippen molar-refractivity contribution in [2.75, 3.05) is 38.2 Å². The second-order valence-electron chi connectivity index (χ2n) is 5.28. The van der Waals surface area contributed by atoms with E-state index < -0.39 is 4.92 Å². The van der Waals surface area contributed by atoms with Crippen molar-refractivity contribution in [1.82, 2.24) is 9.88 Å². The zero-order chi connectivity index (χ0) is 16.9. The van der Waals surface area contributed by atoms with E-state index in [1.807, 2.05) is 4.90 Å². The molecule has 9 heteroatoms. The molecule has 0 atom stereocenters. The van der Waals surface area contributed by atoms with Crippen molar-refractivity contribution in [2.45, 2.75) is 0 Å². The standard InChI is InChI=1S/C15H16N4O4S/c20-14(9-18-4-6-23-7-5-18)17-15-16-13(10-24-15)11-2-1-3-12(8-11)19(21)22/h1-3,8,10H,4-7,9H2,(H,16,17,20). The number of aromatic nitrogens is 1. The minimum Gasteiger partial charge on any atom is -0.379 e. The second kappa shape index (κ2) is 7.47. The first-order chi connectivity index (χ1) is 11.6. The molecule has 3 rings (SSSR count). The number of nitro groups is 1. The number of anilines is 1. The normalized spacial score (nSPS) is 15.2. The van der Waals surface area contributed by atoms with Crippen molar-refractivity contribution in [2.24, 2.45) is 0 Å². The number of thiazole rings is 1. The van der Waals surface area contributed by atoms with Crippen molar-refractivity contribution >= 4 is 28.1 Å². The number of nitrogens with zero attached hydrogens (tertiary/aromatic N) is 3. The van der Waals surface area contributed by atoms with E-state index in [2.05, 4.69) is 10.3 Å². The highest BCUT2D eigenvalue weighted by Gasteiger charge is 2.16. The molecular weight excluding hydrogens is 332 g/mol. The fourth-order valence-corrected chi connectivity index (χ4v) is 3.10. The first-order valence-corrected chi connectivity index (χ1v) is 8.30. The molecular formula is C15H16N4O4S. The predicted octanol–water partition coefficient (Wildman–Crippen LogP) is 1.99. The predicted molar refractivity (Wildman–Crippen MR) is 90.1 cm³/mol. The Balaban J connectivity index is 1.63. The van der Waals surface area contributed by atoms with Crippen LogP contribution >= 0.6 is 11.3 Å². The molecule has 8 nitrogen and oxygen atoms in total. The van der Waals surface area contributed by atoms with Gasteiger partial charge in [0.15, 0.2) is 5.13 Å². The van der Waals surface area contributed by atoms with Crippen LogP contribution in [0.1, 0.15) is 0 Å². The number of rotatable bonds is 5. The van der Waals surface area contributed by atoms with Gasteiger partial charge in [-0.25, -0.2) is 4.98 Å². The van der Waals surface area contributed by atoms with Crippen LogP contribution in [0.3, 0.4) is 0 Å². The monoisotopic (exact) mass is 348 g/mol. The lowest BCUT2D eigenvalue weighted by atomic mass is 10.1. The number of amides is 1. The van der Waals surface area contributed by atoms with Gasteiger partial charge in [0.1, 0.15) is 0 Å². The van der Waals surface area contributed by atoms with Crippen molar-refractivity contribution < 1.29 is 14.5 Å². The summed E-state index contributed by atoms with van der Waals surface area (Å²) in [5.74, 6) is -0.128. The number of nitrogens with one attached hydrogen (secondary N) is 1. The van der Waals surface area contributed by atoms with Crippen LogP contribution in [0.4, 0.5) is 10.8 Å². The lowest BCUT2D eigenvalue weighted by Crippen LogP contribution is -2.41. The van der Waals surface area contributed by atoms with Gasteiger partial charge in [-0.15, -0.1) is 11.3 Å². The molecule has 1 aromatic heterocycles. The Morgan fingerprint density at radius 2 is 2.21 bits per heavy atom. The number of benzene rings is 1. The van der Waals surface area contributed by atoms with Gasteiger partial charge in [-0.2, -0.15) is 0 Å². The van der Waals surface area contributed by atoms with Crippen LogP contribution < -0.4 is 5.32 Å².